The zero-order valence-corrected chi connectivity index (χ0v) is 15.6. The third-order valence-electron chi connectivity index (χ3n) is 6.32. The number of hydrogen-bond acceptors (Lipinski definition) is 2. The first-order chi connectivity index (χ1) is 12.2. The van der Waals surface area contributed by atoms with E-state index >= 15 is 0 Å². The van der Waals surface area contributed by atoms with Gasteiger partial charge >= 0.3 is 5.97 Å². The number of benzene rings is 1. The lowest BCUT2D eigenvalue weighted by Crippen LogP contribution is -2.29. The lowest BCUT2D eigenvalue weighted by molar-refractivity contribution is -0.150. The molecule has 2 aliphatic rings. The van der Waals surface area contributed by atoms with Crippen LogP contribution in [0.5, 0.6) is 0 Å². The van der Waals surface area contributed by atoms with E-state index in [4.69, 9.17) is 4.74 Å². The Kier molecular flexibility index (Phi) is 6.34. The number of carbonyl (C=O) groups is 1. The van der Waals surface area contributed by atoms with E-state index in [1.165, 1.54) is 49.7 Å². The van der Waals surface area contributed by atoms with Crippen LogP contribution in [0, 0.1) is 18.8 Å². The summed E-state index contributed by atoms with van der Waals surface area (Å²) in [4.78, 5) is 11.6. The Hall–Kier alpha value is -1.57. The van der Waals surface area contributed by atoms with Crippen LogP contribution < -0.4 is 0 Å². The Balaban J connectivity index is 1.42. The van der Waals surface area contributed by atoms with Gasteiger partial charge in [-0.05, 0) is 81.6 Å². The molecule has 0 spiro atoms. The molecule has 0 atom stereocenters. The number of rotatable bonds is 5. The van der Waals surface area contributed by atoms with Crippen molar-refractivity contribution in [2.45, 2.75) is 76.7 Å². The molecule has 0 radical (unpaired) electrons. The van der Waals surface area contributed by atoms with Gasteiger partial charge in [0, 0.05) is 0 Å². The Bertz CT molecular complexity index is 558. The fourth-order valence-electron chi connectivity index (χ4n) is 4.79. The smallest absolute Gasteiger partial charge is 0.309 e. The van der Waals surface area contributed by atoms with Crippen molar-refractivity contribution >= 4 is 5.97 Å². The molecule has 1 aromatic carbocycles. The number of carbonyl (C=O) groups excluding carboxylic acids is 1. The highest BCUT2D eigenvalue weighted by Crippen LogP contribution is 2.43. The van der Waals surface area contributed by atoms with E-state index in [2.05, 4.69) is 37.8 Å². The highest BCUT2D eigenvalue weighted by atomic mass is 16.5. The van der Waals surface area contributed by atoms with Crippen LogP contribution in [-0.4, -0.2) is 12.1 Å². The summed E-state index contributed by atoms with van der Waals surface area (Å²) in [5.74, 6) is 2.37. The summed E-state index contributed by atoms with van der Waals surface area (Å²) in [5.41, 5.74) is 2.88. The molecule has 136 valence electrons. The third-order valence-corrected chi connectivity index (χ3v) is 6.32. The van der Waals surface area contributed by atoms with Crippen molar-refractivity contribution in [2.24, 2.45) is 11.8 Å². The zero-order valence-electron chi connectivity index (χ0n) is 15.6. The number of aryl methyl sites for hydroxylation is 1. The molecule has 3 rings (SSSR count). The van der Waals surface area contributed by atoms with Crippen LogP contribution in [0.1, 0.15) is 74.8 Å². The largest absolute Gasteiger partial charge is 0.462 e. The number of ether oxygens (including phenoxy) is 1. The molecule has 0 aromatic heterocycles. The lowest BCUT2D eigenvalue weighted by atomic mass is 9.69. The average Bonchev–Trinajstić information content (AvgIpc) is 2.63. The molecule has 2 aliphatic carbocycles. The normalized spacial score (nSPS) is 29.8. The molecule has 2 heteroatoms. The summed E-state index contributed by atoms with van der Waals surface area (Å²) in [6.07, 6.45) is 12.1. The predicted octanol–water partition coefficient (Wildman–Crippen LogP) is 5.95. The van der Waals surface area contributed by atoms with Gasteiger partial charge < -0.3 is 4.74 Å². The van der Waals surface area contributed by atoms with Crippen LogP contribution in [0.15, 0.2) is 36.9 Å². The van der Waals surface area contributed by atoms with Crippen molar-refractivity contribution in [1.82, 2.24) is 0 Å². The second kappa shape index (κ2) is 8.69. The van der Waals surface area contributed by atoms with Gasteiger partial charge in [-0.1, -0.05) is 35.9 Å². The molecule has 0 unspecified atom stereocenters. The summed E-state index contributed by atoms with van der Waals surface area (Å²) in [6, 6.07) is 9.14. The molecule has 1 aromatic rings. The lowest BCUT2D eigenvalue weighted by Gasteiger charge is -2.37. The fraction of sp³-hybridized carbons (Fsp3) is 0.609. The minimum Gasteiger partial charge on any atom is -0.462 e. The predicted molar refractivity (Wildman–Crippen MR) is 103 cm³/mol. The van der Waals surface area contributed by atoms with E-state index in [0.29, 0.717) is 6.42 Å². The third kappa shape index (κ3) is 4.96. The van der Waals surface area contributed by atoms with Gasteiger partial charge in [-0.15, -0.1) is 6.58 Å². The van der Waals surface area contributed by atoms with E-state index in [-0.39, 0.29) is 12.1 Å². The SMILES string of the molecule is C=CCC(=O)O[C@H]1CC[C@H]([C@H]2CC[C@H](c3ccc(C)cc3)CC2)CC1. The van der Waals surface area contributed by atoms with E-state index in [0.717, 1.165) is 30.6 Å². The molecule has 0 bridgehead atoms. The van der Waals surface area contributed by atoms with E-state index < -0.39 is 0 Å². The molecule has 0 aliphatic heterocycles. The van der Waals surface area contributed by atoms with Crippen LogP contribution in [0.3, 0.4) is 0 Å². The van der Waals surface area contributed by atoms with E-state index in [1.807, 2.05) is 0 Å². The van der Waals surface area contributed by atoms with Crippen molar-refractivity contribution in [3.63, 3.8) is 0 Å². The number of esters is 1. The second-order valence-electron chi connectivity index (χ2n) is 8.04. The van der Waals surface area contributed by atoms with Crippen LogP contribution in [0.4, 0.5) is 0 Å². The summed E-state index contributed by atoms with van der Waals surface area (Å²) in [5, 5.41) is 0. The van der Waals surface area contributed by atoms with Crippen LogP contribution in [0.2, 0.25) is 0 Å². The Labute approximate surface area is 152 Å². The van der Waals surface area contributed by atoms with Gasteiger partial charge in [0.2, 0.25) is 0 Å². The van der Waals surface area contributed by atoms with Gasteiger partial charge in [0.25, 0.3) is 0 Å². The molecule has 0 N–H and O–H groups in total. The molecule has 2 saturated carbocycles. The van der Waals surface area contributed by atoms with Gasteiger partial charge in [0.1, 0.15) is 6.10 Å². The summed E-state index contributed by atoms with van der Waals surface area (Å²) < 4.78 is 5.54. The van der Waals surface area contributed by atoms with Crippen molar-refractivity contribution in [3.8, 4) is 0 Å². The van der Waals surface area contributed by atoms with Crippen LogP contribution in [-0.2, 0) is 9.53 Å². The first kappa shape index (κ1) is 18.2. The maximum absolute atomic E-state index is 11.6. The van der Waals surface area contributed by atoms with Gasteiger partial charge in [-0.25, -0.2) is 0 Å². The highest BCUT2D eigenvalue weighted by Gasteiger charge is 2.32. The summed E-state index contributed by atoms with van der Waals surface area (Å²) in [6.45, 7) is 5.76. The van der Waals surface area contributed by atoms with Crippen molar-refractivity contribution in [1.29, 1.82) is 0 Å². The Morgan fingerprint density at radius 2 is 1.56 bits per heavy atom. The van der Waals surface area contributed by atoms with Gasteiger partial charge in [0.15, 0.2) is 0 Å². The molecule has 0 heterocycles. The second-order valence-corrected chi connectivity index (χ2v) is 8.04. The zero-order chi connectivity index (χ0) is 17.6. The standard InChI is InChI=1S/C23H32O2/c1-3-4-23(24)25-22-15-13-21(14-16-22)20-11-9-19(10-12-20)18-7-5-17(2)6-8-18/h3,5-8,19-22H,1,4,9-16H2,2H3/t19-,20-,21-,22-. The van der Waals surface area contributed by atoms with Crippen LogP contribution in [0.25, 0.3) is 0 Å². The van der Waals surface area contributed by atoms with Crippen molar-refractivity contribution < 1.29 is 9.53 Å². The first-order valence-electron chi connectivity index (χ1n) is 10.0. The maximum Gasteiger partial charge on any atom is 0.309 e. The molecule has 2 fully saturated rings. The topological polar surface area (TPSA) is 26.3 Å². The Morgan fingerprint density at radius 1 is 1.00 bits per heavy atom. The average molecular weight is 341 g/mol. The maximum atomic E-state index is 11.6. The first-order valence-corrected chi connectivity index (χ1v) is 10.0. The monoisotopic (exact) mass is 340 g/mol. The summed E-state index contributed by atoms with van der Waals surface area (Å²) >= 11 is 0. The highest BCUT2D eigenvalue weighted by molar-refractivity contribution is 5.71. The molecule has 0 amide bonds. The van der Waals surface area contributed by atoms with Gasteiger partial charge in [-0.3, -0.25) is 4.79 Å². The molecular formula is C23H32O2. The quantitative estimate of drug-likeness (QED) is 0.489. The Morgan fingerprint density at radius 3 is 2.12 bits per heavy atom. The minimum absolute atomic E-state index is 0.114. The molecule has 2 nitrogen and oxygen atoms in total. The van der Waals surface area contributed by atoms with Crippen LogP contribution >= 0.6 is 0 Å². The fourth-order valence-corrected chi connectivity index (χ4v) is 4.79. The number of hydrogen-bond donors (Lipinski definition) is 0. The van der Waals surface area contributed by atoms with Gasteiger partial charge in [-0.2, -0.15) is 0 Å². The minimum atomic E-state index is -0.114. The molecule has 0 saturated heterocycles. The van der Waals surface area contributed by atoms with Gasteiger partial charge in [0.05, 0.1) is 6.42 Å². The molecular weight excluding hydrogens is 308 g/mol. The van der Waals surface area contributed by atoms with E-state index in [1.54, 1.807) is 6.08 Å². The van der Waals surface area contributed by atoms with E-state index in [9.17, 15) is 4.79 Å². The molecule has 25 heavy (non-hydrogen) atoms. The summed E-state index contributed by atoms with van der Waals surface area (Å²) in [7, 11) is 0. The van der Waals surface area contributed by atoms with Crippen molar-refractivity contribution in [3.05, 3.63) is 48.0 Å². The van der Waals surface area contributed by atoms with Crippen molar-refractivity contribution in [2.75, 3.05) is 0 Å².